The van der Waals surface area contributed by atoms with Gasteiger partial charge in [-0.25, -0.2) is 4.79 Å². The SMILES string of the molecule is CCC1(c2ccc(NC(=O)N3CCCOC(C(C)C)C3)cc2)CCC(=O)NC1=O. The molecule has 0 aromatic heterocycles. The average molecular weight is 402 g/mol. The number of anilines is 1. The van der Waals surface area contributed by atoms with Crippen molar-refractivity contribution in [2.45, 2.75) is 58.0 Å². The molecule has 158 valence electrons. The first kappa shape index (κ1) is 21.3. The standard InChI is InChI=1S/C22H31N3O4/c1-4-22(11-10-19(26)24-20(22)27)16-6-8-17(9-7-16)23-21(28)25-12-5-13-29-18(14-25)15(2)3/h6-9,15,18H,4-5,10-14H2,1-3H3,(H,23,28)(H,24,26,27). The van der Waals surface area contributed by atoms with Gasteiger partial charge in [-0.15, -0.1) is 0 Å². The third-order valence-electron chi connectivity index (χ3n) is 6.09. The Balaban J connectivity index is 1.69. The molecule has 0 spiro atoms. The van der Waals surface area contributed by atoms with Crippen LogP contribution in [0.15, 0.2) is 24.3 Å². The number of ether oxygens (including phenoxy) is 1. The van der Waals surface area contributed by atoms with Gasteiger partial charge in [0, 0.05) is 31.8 Å². The maximum Gasteiger partial charge on any atom is 0.321 e. The van der Waals surface area contributed by atoms with Crippen molar-refractivity contribution < 1.29 is 19.1 Å². The molecule has 4 amide bonds. The highest BCUT2D eigenvalue weighted by Crippen LogP contribution is 2.36. The maximum absolute atomic E-state index is 12.7. The highest BCUT2D eigenvalue weighted by atomic mass is 16.5. The van der Waals surface area contributed by atoms with Gasteiger partial charge in [-0.3, -0.25) is 14.9 Å². The Morgan fingerprint density at radius 2 is 2.03 bits per heavy atom. The fourth-order valence-corrected chi connectivity index (χ4v) is 4.08. The molecule has 2 saturated heterocycles. The van der Waals surface area contributed by atoms with E-state index in [9.17, 15) is 14.4 Å². The quantitative estimate of drug-likeness (QED) is 0.759. The Kier molecular flexibility index (Phi) is 6.57. The molecule has 0 aliphatic carbocycles. The van der Waals surface area contributed by atoms with E-state index in [4.69, 9.17) is 4.74 Å². The van der Waals surface area contributed by atoms with Gasteiger partial charge in [0.1, 0.15) is 0 Å². The van der Waals surface area contributed by atoms with Gasteiger partial charge in [-0.05, 0) is 42.9 Å². The summed E-state index contributed by atoms with van der Waals surface area (Å²) < 4.78 is 5.84. The number of urea groups is 1. The largest absolute Gasteiger partial charge is 0.376 e. The molecule has 2 N–H and O–H groups in total. The zero-order valence-corrected chi connectivity index (χ0v) is 17.5. The number of nitrogens with zero attached hydrogens (tertiary/aromatic N) is 1. The number of imide groups is 1. The van der Waals surface area contributed by atoms with Crippen molar-refractivity contribution in [1.82, 2.24) is 10.2 Å². The first-order chi connectivity index (χ1) is 13.9. The summed E-state index contributed by atoms with van der Waals surface area (Å²) in [6.45, 7) is 8.07. The number of benzene rings is 1. The number of amides is 4. The zero-order chi connectivity index (χ0) is 21.0. The molecule has 2 fully saturated rings. The molecule has 0 saturated carbocycles. The summed E-state index contributed by atoms with van der Waals surface area (Å²) in [5, 5.41) is 5.42. The maximum atomic E-state index is 12.7. The second kappa shape index (κ2) is 8.95. The highest BCUT2D eigenvalue weighted by molar-refractivity contribution is 6.03. The van der Waals surface area contributed by atoms with Crippen molar-refractivity contribution in [2.75, 3.05) is 25.0 Å². The Hall–Kier alpha value is -2.41. The second-order valence-electron chi connectivity index (χ2n) is 8.27. The van der Waals surface area contributed by atoms with Gasteiger partial charge in [0.05, 0.1) is 11.5 Å². The summed E-state index contributed by atoms with van der Waals surface area (Å²) in [6, 6.07) is 7.25. The van der Waals surface area contributed by atoms with Gasteiger partial charge in [0.25, 0.3) is 0 Å². The van der Waals surface area contributed by atoms with E-state index in [0.29, 0.717) is 50.6 Å². The van der Waals surface area contributed by atoms with E-state index in [1.54, 1.807) is 4.90 Å². The fraction of sp³-hybridized carbons (Fsp3) is 0.591. The Morgan fingerprint density at radius 1 is 1.31 bits per heavy atom. The Morgan fingerprint density at radius 3 is 2.66 bits per heavy atom. The van der Waals surface area contributed by atoms with Gasteiger partial charge in [-0.1, -0.05) is 32.9 Å². The topological polar surface area (TPSA) is 87.7 Å². The fourth-order valence-electron chi connectivity index (χ4n) is 4.08. The lowest BCUT2D eigenvalue weighted by Crippen LogP contribution is -2.51. The van der Waals surface area contributed by atoms with Crippen LogP contribution in [0.1, 0.15) is 52.0 Å². The minimum Gasteiger partial charge on any atom is -0.376 e. The summed E-state index contributed by atoms with van der Waals surface area (Å²) in [6.07, 6.45) is 2.32. The second-order valence-corrected chi connectivity index (χ2v) is 8.27. The molecule has 0 bridgehead atoms. The van der Waals surface area contributed by atoms with Crippen LogP contribution in [-0.4, -0.2) is 48.5 Å². The molecule has 7 heteroatoms. The molecule has 3 rings (SSSR count). The van der Waals surface area contributed by atoms with Crippen LogP contribution < -0.4 is 10.6 Å². The van der Waals surface area contributed by atoms with Gasteiger partial charge in [0.2, 0.25) is 11.8 Å². The normalized spacial score (nSPS) is 25.5. The van der Waals surface area contributed by atoms with Crippen LogP contribution >= 0.6 is 0 Å². The van der Waals surface area contributed by atoms with Crippen LogP contribution in [0, 0.1) is 5.92 Å². The van der Waals surface area contributed by atoms with Crippen molar-refractivity contribution in [3.8, 4) is 0 Å². The predicted octanol–water partition coefficient (Wildman–Crippen LogP) is 3.05. The number of nitrogens with one attached hydrogen (secondary N) is 2. The molecule has 1 aromatic rings. The molecule has 2 aliphatic rings. The summed E-state index contributed by atoms with van der Waals surface area (Å²) in [4.78, 5) is 38.6. The number of carbonyl (C=O) groups is 3. The van der Waals surface area contributed by atoms with Crippen LogP contribution in [0.2, 0.25) is 0 Å². The molecule has 0 radical (unpaired) electrons. The van der Waals surface area contributed by atoms with Crippen molar-refractivity contribution in [3.05, 3.63) is 29.8 Å². The lowest BCUT2D eigenvalue weighted by Gasteiger charge is -2.35. The summed E-state index contributed by atoms with van der Waals surface area (Å²) in [5.41, 5.74) is 0.859. The van der Waals surface area contributed by atoms with Gasteiger partial charge in [-0.2, -0.15) is 0 Å². The first-order valence-corrected chi connectivity index (χ1v) is 10.5. The van der Waals surface area contributed by atoms with Crippen LogP contribution in [0.5, 0.6) is 0 Å². The molecule has 2 atom stereocenters. The molecular weight excluding hydrogens is 370 g/mol. The van der Waals surface area contributed by atoms with Crippen molar-refractivity contribution in [3.63, 3.8) is 0 Å². The van der Waals surface area contributed by atoms with Crippen molar-refractivity contribution in [2.24, 2.45) is 5.92 Å². The van der Waals surface area contributed by atoms with E-state index < -0.39 is 5.41 Å². The lowest BCUT2D eigenvalue weighted by atomic mass is 9.72. The minimum absolute atomic E-state index is 0.0440. The smallest absolute Gasteiger partial charge is 0.321 e. The van der Waals surface area contributed by atoms with Crippen LogP contribution in [-0.2, 0) is 19.7 Å². The van der Waals surface area contributed by atoms with E-state index in [1.807, 2.05) is 31.2 Å². The van der Waals surface area contributed by atoms with E-state index in [1.165, 1.54) is 0 Å². The van der Waals surface area contributed by atoms with Crippen LogP contribution in [0.3, 0.4) is 0 Å². The lowest BCUT2D eigenvalue weighted by molar-refractivity contribution is -0.138. The summed E-state index contributed by atoms with van der Waals surface area (Å²) >= 11 is 0. The number of hydrogen-bond donors (Lipinski definition) is 2. The van der Waals surface area contributed by atoms with Crippen molar-refractivity contribution >= 4 is 23.5 Å². The van der Waals surface area contributed by atoms with E-state index in [2.05, 4.69) is 24.5 Å². The zero-order valence-electron chi connectivity index (χ0n) is 17.5. The molecule has 2 aliphatic heterocycles. The van der Waals surface area contributed by atoms with Gasteiger partial charge >= 0.3 is 6.03 Å². The number of hydrogen-bond acceptors (Lipinski definition) is 4. The highest BCUT2D eigenvalue weighted by Gasteiger charge is 2.42. The van der Waals surface area contributed by atoms with Crippen LogP contribution in [0.25, 0.3) is 0 Å². The molecular formula is C22H31N3O4. The number of carbonyl (C=O) groups excluding carboxylic acids is 3. The number of piperidine rings is 1. The van der Waals surface area contributed by atoms with Crippen LogP contribution in [0.4, 0.5) is 10.5 Å². The summed E-state index contributed by atoms with van der Waals surface area (Å²) in [7, 11) is 0. The molecule has 2 heterocycles. The molecule has 7 nitrogen and oxygen atoms in total. The first-order valence-electron chi connectivity index (χ1n) is 10.5. The third kappa shape index (κ3) is 4.61. The van der Waals surface area contributed by atoms with E-state index in [0.717, 1.165) is 12.0 Å². The van der Waals surface area contributed by atoms with Gasteiger partial charge < -0.3 is 15.0 Å². The predicted molar refractivity (Wildman–Crippen MR) is 111 cm³/mol. The third-order valence-corrected chi connectivity index (χ3v) is 6.09. The minimum atomic E-state index is -0.691. The van der Waals surface area contributed by atoms with Crippen molar-refractivity contribution in [1.29, 1.82) is 0 Å². The molecule has 1 aromatic carbocycles. The van der Waals surface area contributed by atoms with E-state index in [-0.39, 0.29) is 23.9 Å². The van der Waals surface area contributed by atoms with E-state index >= 15 is 0 Å². The summed E-state index contributed by atoms with van der Waals surface area (Å²) in [5.74, 6) is -0.108. The Bertz CT molecular complexity index is 762. The van der Waals surface area contributed by atoms with Gasteiger partial charge in [0.15, 0.2) is 0 Å². The Labute approximate surface area is 172 Å². The average Bonchev–Trinajstić information content (AvgIpc) is 2.96. The molecule has 29 heavy (non-hydrogen) atoms. The number of rotatable bonds is 4. The monoisotopic (exact) mass is 401 g/mol. The molecule has 2 unspecified atom stereocenters.